The van der Waals surface area contributed by atoms with E-state index < -0.39 is 0 Å². The Balaban J connectivity index is 0.00000169. The van der Waals surface area contributed by atoms with Gasteiger partial charge < -0.3 is 15.0 Å². The lowest BCUT2D eigenvalue weighted by molar-refractivity contribution is 0.0699. The zero-order chi connectivity index (χ0) is 15.6. The maximum Gasteiger partial charge on any atom is 0.274 e. The van der Waals surface area contributed by atoms with Gasteiger partial charge in [-0.1, -0.05) is 0 Å². The Morgan fingerprint density at radius 1 is 1.38 bits per heavy atom. The number of aromatic nitrogens is 2. The normalized spacial score (nSPS) is 26.8. The van der Waals surface area contributed by atoms with Crippen molar-refractivity contribution in [2.24, 2.45) is 5.92 Å². The first-order valence-electron chi connectivity index (χ1n) is 8.96. The van der Waals surface area contributed by atoms with Gasteiger partial charge in [0.15, 0.2) is 0 Å². The Morgan fingerprint density at radius 2 is 2.25 bits per heavy atom. The lowest BCUT2D eigenvalue weighted by atomic mass is 10.1. The Bertz CT molecular complexity index is 549. The Hall–Kier alpha value is -1.11. The molecule has 1 N–H and O–H groups in total. The van der Waals surface area contributed by atoms with Gasteiger partial charge in [-0.3, -0.25) is 9.48 Å². The number of amides is 1. The molecule has 24 heavy (non-hydrogen) atoms. The third kappa shape index (κ3) is 3.92. The van der Waals surface area contributed by atoms with E-state index in [1.807, 2.05) is 21.8 Å². The van der Waals surface area contributed by atoms with Crippen LogP contribution in [-0.4, -0.2) is 59.5 Å². The molecule has 3 aliphatic rings. The highest BCUT2D eigenvalue weighted by atomic mass is 35.5. The van der Waals surface area contributed by atoms with Crippen molar-refractivity contribution in [3.05, 3.63) is 18.0 Å². The van der Waals surface area contributed by atoms with Crippen molar-refractivity contribution in [3.63, 3.8) is 0 Å². The van der Waals surface area contributed by atoms with Crippen LogP contribution in [-0.2, 0) is 4.74 Å². The molecule has 1 aromatic rings. The molecule has 3 heterocycles. The zero-order valence-electron chi connectivity index (χ0n) is 14.0. The van der Waals surface area contributed by atoms with Crippen molar-refractivity contribution in [1.29, 1.82) is 0 Å². The number of ether oxygens (including phenoxy) is 1. The Labute approximate surface area is 149 Å². The molecule has 2 atom stereocenters. The molecular formula is C17H27ClN4O2. The number of halogens is 1. The molecule has 2 unspecified atom stereocenters. The van der Waals surface area contributed by atoms with E-state index in [4.69, 9.17) is 4.74 Å². The van der Waals surface area contributed by atoms with Crippen LogP contribution in [0.25, 0.3) is 0 Å². The minimum atomic E-state index is 0. The van der Waals surface area contributed by atoms with Crippen LogP contribution < -0.4 is 5.32 Å². The van der Waals surface area contributed by atoms with Crippen molar-refractivity contribution in [1.82, 2.24) is 20.0 Å². The van der Waals surface area contributed by atoms with Gasteiger partial charge in [0.05, 0.1) is 12.6 Å². The monoisotopic (exact) mass is 354 g/mol. The second kappa shape index (κ2) is 7.85. The predicted molar refractivity (Wildman–Crippen MR) is 93.6 cm³/mol. The van der Waals surface area contributed by atoms with E-state index >= 15 is 0 Å². The second-order valence-corrected chi connectivity index (χ2v) is 7.10. The standard InChI is InChI=1S/C17H26N4O2.ClH/c22-17(20(14-3-4-14)11-13-6-9-23-12-13)16-5-8-21(19-16)15-2-1-7-18-10-15;/h5,8,13-15,18H,1-4,6-7,9-12H2;1H. The quantitative estimate of drug-likeness (QED) is 0.877. The molecule has 2 saturated heterocycles. The van der Waals surface area contributed by atoms with Gasteiger partial charge in [0, 0.05) is 37.9 Å². The van der Waals surface area contributed by atoms with E-state index in [1.54, 1.807) is 0 Å². The van der Waals surface area contributed by atoms with Crippen LogP contribution in [0.4, 0.5) is 0 Å². The van der Waals surface area contributed by atoms with Gasteiger partial charge in [0.2, 0.25) is 0 Å². The zero-order valence-corrected chi connectivity index (χ0v) is 14.8. The van der Waals surface area contributed by atoms with Gasteiger partial charge in [0.25, 0.3) is 5.91 Å². The average molecular weight is 355 g/mol. The molecule has 2 aliphatic heterocycles. The van der Waals surface area contributed by atoms with E-state index in [0.717, 1.165) is 58.5 Å². The smallest absolute Gasteiger partial charge is 0.274 e. The molecule has 0 radical (unpaired) electrons. The Morgan fingerprint density at radius 3 is 2.92 bits per heavy atom. The van der Waals surface area contributed by atoms with Crippen LogP contribution in [0.1, 0.15) is 48.6 Å². The van der Waals surface area contributed by atoms with Gasteiger partial charge in [-0.05, 0) is 44.7 Å². The van der Waals surface area contributed by atoms with E-state index in [0.29, 0.717) is 23.7 Å². The molecule has 6 nitrogen and oxygen atoms in total. The topological polar surface area (TPSA) is 59.4 Å². The summed E-state index contributed by atoms with van der Waals surface area (Å²) in [6.45, 7) is 4.48. The number of hydrogen-bond donors (Lipinski definition) is 1. The lowest BCUT2D eigenvalue weighted by Crippen LogP contribution is -2.38. The second-order valence-electron chi connectivity index (χ2n) is 7.10. The summed E-state index contributed by atoms with van der Waals surface area (Å²) in [5, 5.41) is 7.99. The maximum atomic E-state index is 12.9. The van der Waals surface area contributed by atoms with Crippen LogP contribution in [0.15, 0.2) is 12.3 Å². The fraction of sp³-hybridized carbons (Fsp3) is 0.765. The summed E-state index contributed by atoms with van der Waals surface area (Å²) in [6, 6.07) is 2.68. The third-order valence-corrected chi connectivity index (χ3v) is 5.20. The summed E-state index contributed by atoms with van der Waals surface area (Å²) in [5.74, 6) is 0.589. The highest BCUT2D eigenvalue weighted by Gasteiger charge is 2.36. The van der Waals surface area contributed by atoms with Gasteiger partial charge in [-0.15, -0.1) is 12.4 Å². The number of nitrogens with zero attached hydrogens (tertiary/aromatic N) is 3. The largest absolute Gasteiger partial charge is 0.381 e. The minimum Gasteiger partial charge on any atom is -0.381 e. The maximum absolute atomic E-state index is 12.9. The highest BCUT2D eigenvalue weighted by Crippen LogP contribution is 2.30. The van der Waals surface area contributed by atoms with Gasteiger partial charge in [-0.2, -0.15) is 5.10 Å². The molecule has 7 heteroatoms. The molecule has 0 spiro atoms. The summed E-state index contributed by atoms with van der Waals surface area (Å²) in [5.41, 5.74) is 0.599. The van der Waals surface area contributed by atoms with Gasteiger partial charge in [0.1, 0.15) is 5.69 Å². The van der Waals surface area contributed by atoms with E-state index in [1.165, 1.54) is 6.42 Å². The molecule has 4 rings (SSSR count). The van der Waals surface area contributed by atoms with Crippen molar-refractivity contribution < 1.29 is 9.53 Å². The molecule has 1 amide bonds. The SMILES string of the molecule is Cl.O=C(c1ccn(C2CCCNC2)n1)N(CC1CCOC1)C1CC1. The van der Waals surface area contributed by atoms with E-state index in [2.05, 4.69) is 10.4 Å². The molecule has 1 saturated carbocycles. The van der Waals surface area contributed by atoms with Crippen molar-refractivity contribution in [2.75, 3.05) is 32.8 Å². The number of nitrogens with one attached hydrogen (secondary N) is 1. The van der Waals surface area contributed by atoms with Gasteiger partial charge in [-0.25, -0.2) is 0 Å². The first-order chi connectivity index (χ1) is 11.3. The molecule has 1 aliphatic carbocycles. The number of piperidine rings is 1. The summed E-state index contributed by atoms with van der Waals surface area (Å²) in [7, 11) is 0. The fourth-order valence-corrected chi connectivity index (χ4v) is 3.65. The molecular weight excluding hydrogens is 328 g/mol. The van der Waals surface area contributed by atoms with Crippen molar-refractivity contribution in [3.8, 4) is 0 Å². The molecule has 0 aromatic carbocycles. The van der Waals surface area contributed by atoms with Crippen LogP contribution in [0.3, 0.4) is 0 Å². The summed E-state index contributed by atoms with van der Waals surface area (Å²) in [4.78, 5) is 15.0. The summed E-state index contributed by atoms with van der Waals surface area (Å²) >= 11 is 0. The summed E-state index contributed by atoms with van der Waals surface area (Å²) < 4.78 is 7.44. The number of carbonyl (C=O) groups is 1. The Kier molecular flexibility index (Phi) is 5.79. The number of carbonyl (C=O) groups excluding carboxylic acids is 1. The third-order valence-electron chi connectivity index (χ3n) is 5.20. The van der Waals surface area contributed by atoms with Crippen molar-refractivity contribution in [2.45, 2.75) is 44.2 Å². The average Bonchev–Trinajstić information content (AvgIpc) is 3.10. The molecule has 3 fully saturated rings. The van der Waals surface area contributed by atoms with E-state index in [-0.39, 0.29) is 18.3 Å². The van der Waals surface area contributed by atoms with Gasteiger partial charge >= 0.3 is 0 Å². The first-order valence-corrected chi connectivity index (χ1v) is 8.96. The van der Waals surface area contributed by atoms with E-state index in [9.17, 15) is 4.79 Å². The minimum absolute atomic E-state index is 0. The highest BCUT2D eigenvalue weighted by molar-refractivity contribution is 5.92. The molecule has 0 bridgehead atoms. The molecule has 134 valence electrons. The van der Waals surface area contributed by atoms with Crippen LogP contribution in [0.5, 0.6) is 0 Å². The van der Waals surface area contributed by atoms with Crippen LogP contribution in [0.2, 0.25) is 0 Å². The number of rotatable bonds is 5. The first kappa shape index (κ1) is 17.7. The van der Waals surface area contributed by atoms with Crippen LogP contribution in [0, 0.1) is 5.92 Å². The summed E-state index contributed by atoms with van der Waals surface area (Å²) in [6.07, 6.45) is 7.60. The fourth-order valence-electron chi connectivity index (χ4n) is 3.65. The predicted octanol–water partition coefficient (Wildman–Crippen LogP) is 1.87. The lowest BCUT2D eigenvalue weighted by Gasteiger charge is -2.25. The van der Waals surface area contributed by atoms with Crippen LogP contribution >= 0.6 is 12.4 Å². The molecule has 1 aromatic heterocycles. The number of hydrogen-bond acceptors (Lipinski definition) is 4. The van der Waals surface area contributed by atoms with Crippen molar-refractivity contribution >= 4 is 18.3 Å².